The van der Waals surface area contributed by atoms with E-state index in [4.69, 9.17) is 5.73 Å². The summed E-state index contributed by atoms with van der Waals surface area (Å²) in [6, 6.07) is 9.68. The van der Waals surface area contributed by atoms with Crippen LogP contribution in [-0.4, -0.2) is 56.8 Å². The van der Waals surface area contributed by atoms with Crippen molar-refractivity contribution in [3.8, 4) is 0 Å². The van der Waals surface area contributed by atoms with Crippen LogP contribution in [0.25, 0.3) is 0 Å². The van der Waals surface area contributed by atoms with Gasteiger partial charge in [0, 0.05) is 38.8 Å². The summed E-state index contributed by atoms with van der Waals surface area (Å²) in [6.07, 6.45) is 0. The molecule has 0 radical (unpaired) electrons. The molecular weight excluding hydrogens is 318 g/mol. The number of benzene rings is 1. The van der Waals surface area contributed by atoms with Crippen molar-refractivity contribution in [1.82, 2.24) is 24.8 Å². The number of nitrogens with one attached hydrogen (secondary N) is 1. The number of nitrogens with two attached hydrogens (primary N) is 1. The highest BCUT2D eigenvalue weighted by Gasteiger charge is 2.25. The van der Waals surface area contributed by atoms with E-state index in [0.717, 1.165) is 31.9 Å². The lowest BCUT2D eigenvalue weighted by molar-refractivity contribution is -0.130. The van der Waals surface area contributed by atoms with Crippen molar-refractivity contribution < 1.29 is 4.79 Å². The number of para-hydroxylation sites is 1. The fourth-order valence-corrected chi connectivity index (χ4v) is 2.89. The van der Waals surface area contributed by atoms with Gasteiger partial charge in [-0.3, -0.25) is 9.69 Å². The fraction of sp³-hybridized carbons (Fsp3) is 0.412. The molecule has 0 aliphatic carbocycles. The van der Waals surface area contributed by atoms with Gasteiger partial charge >= 0.3 is 0 Å². The number of hydrogen-bond donors (Lipinski definition) is 2. The molecule has 2 heterocycles. The van der Waals surface area contributed by atoms with E-state index in [1.807, 2.05) is 42.2 Å². The van der Waals surface area contributed by atoms with Gasteiger partial charge in [-0.05, 0) is 19.1 Å². The minimum absolute atomic E-state index is 0.00395. The molecule has 1 saturated heterocycles. The molecule has 132 valence electrons. The van der Waals surface area contributed by atoms with Crippen LogP contribution in [-0.2, 0) is 4.79 Å². The molecule has 1 amide bonds. The largest absolute Gasteiger partial charge is 0.368 e. The van der Waals surface area contributed by atoms with E-state index in [1.165, 1.54) is 0 Å². The molecule has 1 aliphatic rings. The lowest BCUT2D eigenvalue weighted by Gasteiger charge is -2.37. The van der Waals surface area contributed by atoms with Gasteiger partial charge in [0.15, 0.2) is 5.82 Å². The molecule has 0 bridgehead atoms. The van der Waals surface area contributed by atoms with Crippen LogP contribution < -0.4 is 11.1 Å². The zero-order valence-electron chi connectivity index (χ0n) is 14.5. The molecule has 8 nitrogen and oxygen atoms in total. The molecule has 0 spiro atoms. The highest BCUT2D eigenvalue weighted by Crippen LogP contribution is 2.21. The maximum Gasteiger partial charge on any atom is 0.232 e. The van der Waals surface area contributed by atoms with E-state index in [-0.39, 0.29) is 17.9 Å². The highest BCUT2D eigenvalue weighted by atomic mass is 16.2. The summed E-state index contributed by atoms with van der Waals surface area (Å²) < 4.78 is 0. The van der Waals surface area contributed by atoms with E-state index >= 15 is 0 Å². The molecule has 0 saturated carbocycles. The maximum atomic E-state index is 11.5. The molecule has 1 aromatic heterocycles. The molecule has 2 aromatic rings. The van der Waals surface area contributed by atoms with Gasteiger partial charge in [0.2, 0.25) is 17.8 Å². The summed E-state index contributed by atoms with van der Waals surface area (Å²) in [4.78, 5) is 28.5. The highest BCUT2D eigenvalue weighted by molar-refractivity contribution is 5.73. The van der Waals surface area contributed by atoms with Crippen LogP contribution in [0.2, 0.25) is 0 Å². The van der Waals surface area contributed by atoms with Crippen LogP contribution in [0.15, 0.2) is 30.3 Å². The number of amides is 1. The van der Waals surface area contributed by atoms with Crippen molar-refractivity contribution >= 4 is 23.5 Å². The minimum Gasteiger partial charge on any atom is -0.368 e. The number of nitrogen functional groups attached to an aromatic ring is 1. The number of anilines is 3. The monoisotopic (exact) mass is 341 g/mol. The molecule has 1 atom stereocenters. The predicted octanol–water partition coefficient (Wildman–Crippen LogP) is 1.42. The van der Waals surface area contributed by atoms with Gasteiger partial charge in [0.05, 0.1) is 6.04 Å². The Morgan fingerprint density at radius 2 is 1.80 bits per heavy atom. The van der Waals surface area contributed by atoms with Gasteiger partial charge in [0.1, 0.15) is 0 Å². The molecule has 3 rings (SSSR count). The number of aromatic nitrogens is 3. The van der Waals surface area contributed by atoms with Crippen LogP contribution in [0.1, 0.15) is 25.7 Å². The molecule has 1 aromatic carbocycles. The van der Waals surface area contributed by atoms with Gasteiger partial charge in [-0.25, -0.2) is 0 Å². The summed E-state index contributed by atoms with van der Waals surface area (Å²) in [5.41, 5.74) is 6.76. The topological polar surface area (TPSA) is 100 Å². The van der Waals surface area contributed by atoms with Crippen molar-refractivity contribution in [3.63, 3.8) is 0 Å². The number of carbonyl (C=O) groups excluding carboxylic acids is 1. The van der Waals surface area contributed by atoms with Crippen molar-refractivity contribution in [2.45, 2.75) is 19.9 Å². The Morgan fingerprint density at radius 3 is 2.44 bits per heavy atom. The summed E-state index contributed by atoms with van der Waals surface area (Å²) in [5.74, 6) is 1.37. The van der Waals surface area contributed by atoms with Crippen LogP contribution in [0.3, 0.4) is 0 Å². The Labute approximate surface area is 147 Å². The number of piperazine rings is 1. The minimum atomic E-state index is -0.00395. The van der Waals surface area contributed by atoms with Crippen molar-refractivity contribution in [2.75, 3.05) is 37.2 Å². The summed E-state index contributed by atoms with van der Waals surface area (Å²) in [7, 11) is 0. The summed E-state index contributed by atoms with van der Waals surface area (Å²) in [6.45, 7) is 6.66. The van der Waals surface area contributed by atoms with E-state index in [1.54, 1.807) is 6.92 Å². The second-order valence-corrected chi connectivity index (χ2v) is 6.08. The number of nitrogens with zero attached hydrogens (tertiary/aromatic N) is 5. The number of rotatable bonds is 4. The van der Waals surface area contributed by atoms with E-state index in [0.29, 0.717) is 11.8 Å². The quantitative estimate of drug-likeness (QED) is 0.867. The molecule has 0 unspecified atom stereocenters. The summed E-state index contributed by atoms with van der Waals surface area (Å²) >= 11 is 0. The molecule has 8 heteroatoms. The Bertz CT molecular complexity index is 729. The third kappa shape index (κ3) is 4.21. The summed E-state index contributed by atoms with van der Waals surface area (Å²) in [5, 5.41) is 3.15. The molecule has 1 aliphatic heterocycles. The Morgan fingerprint density at radius 1 is 1.12 bits per heavy atom. The Kier molecular flexibility index (Phi) is 5.08. The molecular formula is C17H23N7O. The Balaban J connectivity index is 1.72. The van der Waals surface area contributed by atoms with E-state index in [9.17, 15) is 4.79 Å². The number of carbonyl (C=O) groups is 1. The zero-order chi connectivity index (χ0) is 17.8. The average Bonchev–Trinajstić information content (AvgIpc) is 2.61. The van der Waals surface area contributed by atoms with E-state index < -0.39 is 0 Å². The first-order valence-electron chi connectivity index (χ1n) is 8.36. The van der Waals surface area contributed by atoms with Gasteiger partial charge in [0.25, 0.3) is 0 Å². The average molecular weight is 341 g/mol. The zero-order valence-corrected chi connectivity index (χ0v) is 14.5. The van der Waals surface area contributed by atoms with Crippen LogP contribution in [0.4, 0.5) is 17.6 Å². The number of hydrogen-bond acceptors (Lipinski definition) is 7. The third-order valence-electron chi connectivity index (χ3n) is 4.38. The van der Waals surface area contributed by atoms with Crippen LogP contribution in [0, 0.1) is 0 Å². The van der Waals surface area contributed by atoms with E-state index in [2.05, 4.69) is 25.2 Å². The SMILES string of the molecule is CC(=O)N1CCN([C@@H](C)c2nc(N)nc(Nc3ccccc3)n2)CC1. The maximum absolute atomic E-state index is 11.5. The van der Waals surface area contributed by atoms with Gasteiger partial charge in [-0.15, -0.1) is 0 Å². The predicted molar refractivity (Wildman–Crippen MR) is 96.2 cm³/mol. The molecule has 3 N–H and O–H groups in total. The van der Waals surface area contributed by atoms with Gasteiger partial charge in [-0.2, -0.15) is 15.0 Å². The van der Waals surface area contributed by atoms with Gasteiger partial charge < -0.3 is 16.0 Å². The van der Waals surface area contributed by atoms with Gasteiger partial charge in [-0.1, -0.05) is 18.2 Å². The first kappa shape index (κ1) is 17.1. The lowest BCUT2D eigenvalue weighted by Crippen LogP contribution is -2.48. The van der Waals surface area contributed by atoms with Crippen molar-refractivity contribution in [3.05, 3.63) is 36.2 Å². The Hall–Kier alpha value is -2.74. The standard InChI is InChI=1S/C17H23N7O/c1-12(23-8-10-24(11-9-23)13(2)25)15-20-16(18)22-17(21-15)19-14-6-4-3-5-7-14/h3-7,12H,8-11H2,1-2H3,(H3,18,19,20,21,22)/t12-/m0/s1. The van der Waals surface area contributed by atoms with Crippen molar-refractivity contribution in [2.24, 2.45) is 0 Å². The smallest absolute Gasteiger partial charge is 0.232 e. The van der Waals surface area contributed by atoms with Crippen LogP contribution in [0.5, 0.6) is 0 Å². The lowest BCUT2D eigenvalue weighted by atomic mass is 10.2. The van der Waals surface area contributed by atoms with Crippen LogP contribution >= 0.6 is 0 Å². The second-order valence-electron chi connectivity index (χ2n) is 6.08. The first-order valence-corrected chi connectivity index (χ1v) is 8.36. The first-order chi connectivity index (χ1) is 12.0. The van der Waals surface area contributed by atoms with Crippen molar-refractivity contribution in [1.29, 1.82) is 0 Å². The fourth-order valence-electron chi connectivity index (χ4n) is 2.89. The second kappa shape index (κ2) is 7.43. The normalized spacial score (nSPS) is 16.5. The molecule has 25 heavy (non-hydrogen) atoms. The molecule has 1 fully saturated rings. The third-order valence-corrected chi connectivity index (χ3v) is 4.38.